The molecule has 0 bridgehead atoms. The van der Waals surface area contributed by atoms with Crippen molar-refractivity contribution in [1.29, 1.82) is 0 Å². The number of pyridine rings is 1. The van der Waals surface area contributed by atoms with E-state index in [0.29, 0.717) is 24.0 Å². The Hall–Kier alpha value is -2.34. The molecular weight excluding hydrogens is 245 g/mol. The predicted octanol–water partition coefficient (Wildman–Crippen LogP) is 1.47. The first-order valence-corrected chi connectivity index (χ1v) is 5.89. The lowest BCUT2D eigenvalue weighted by Crippen LogP contribution is -2.02. The molecule has 2 N–H and O–H groups in total. The van der Waals surface area contributed by atoms with Crippen LogP contribution in [-0.4, -0.2) is 20.0 Å². The van der Waals surface area contributed by atoms with Crippen LogP contribution < -0.4 is 5.73 Å². The summed E-state index contributed by atoms with van der Waals surface area (Å²) in [5.74, 6) is -0.270. The molecule has 2 heterocycles. The lowest BCUT2D eigenvalue weighted by atomic mass is 10.1. The van der Waals surface area contributed by atoms with Gasteiger partial charge in [0, 0.05) is 23.7 Å². The van der Waals surface area contributed by atoms with E-state index in [1.807, 2.05) is 0 Å². The second kappa shape index (κ2) is 4.74. The average Bonchev–Trinajstić information content (AvgIpc) is 2.90. The smallest absolute Gasteiger partial charge is 0.132 e. The van der Waals surface area contributed by atoms with Crippen LogP contribution in [0.5, 0.6) is 0 Å². The summed E-state index contributed by atoms with van der Waals surface area (Å²) in [7, 11) is 0. The van der Waals surface area contributed by atoms with Gasteiger partial charge in [0.2, 0.25) is 0 Å². The molecule has 0 saturated carbocycles. The summed E-state index contributed by atoms with van der Waals surface area (Å²) in [6.07, 6.45) is 3.43. The van der Waals surface area contributed by atoms with Crippen LogP contribution in [0.3, 0.4) is 0 Å². The Bertz CT molecular complexity index is 722. The molecule has 0 saturated heterocycles. The number of nitrogens with two attached hydrogens (primary N) is 1. The van der Waals surface area contributed by atoms with E-state index in [0.717, 1.165) is 11.3 Å². The van der Waals surface area contributed by atoms with Crippen LogP contribution in [0, 0.1) is 5.82 Å². The molecule has 19 heavy (non-hydrogen) atoms. The van der Waals surface area contributed by atoms with Crippen molar-refractivity contribution in [1.82, 2.24) is 20.0 Å². The number of nitrogens with zero attached hydrogens (tertiary/aromatic N) is 4. The third kappa shape index (κ3) is 2.17. The topological polar surface area (TPSA) is 69.6 Å². The molecule has 0 amide bonds. The van der Waals surface area contributed by atoms with Gasteiger partial charge in [-0.15, -0.1) is 5.10 Å². The highest BCUT2D eigenvalue weighted by atomic mass is 19.1. The molecule has 0 atom stereocenters. The number of hydrogen-bond acceptors (Lipinski definition) is 4. The number of aromatic nitrogens is 4. The van der Waals surface area contributed by atoms with Gasteiger partial charge in [0.25, 0.3) is 0 Å². The van der Waals surface area contributed by atoms with Gasteiger partial charge in [-0.25, -0.2) is 9.07 Å². The van der Waals surface area contributed by atoms with Crippen molar-refractivity contribution >= 4 is 10.9 Å². The fourth-order valence-electron chi connectivity index (χ4n) is 2.01. The largest absolute Gasteiger partial charge is 0.325 e. The van der Waals surface area contributed by atoms with Gasteiger partial charge in [-0.05, 0) is 18.2 Å². The Kier molecular flexibility index (Phi) is 2.92. The first-order chi connectivity index (χ1) is 9.28. The minimum Gasteiger partial charge on any atom is -0.325 e. The maximum atomic E-state index is 13.7. The summed E-state index contributed by atoms with van der Waals surface area (Å²) in [5, 5.41) is 8.41. The van der Waals surface area contributed by atoms with E-state index in [-0.39, 0.29) is 5.82 Å². The molecule has 0 spiro atoms. The summed E-state index contributed by atoms with van der Waals surface area (Å²) in [4.78, 5) is 4.24. The zero-order chi connectivity index (χ0) is 13.2. The van der Waals surface area contributed by atoms with E-state index < -0.39 is 0 Å². The first kappa shape index (κ1) is 11.7. The fraction of sp³-hybridized carbons (Fsp3) is 0.154. The highest BCUT2D eigenvalue weighted by Gasteiger charge is 2.08. The van der Waals surface area contributed by atoms with E-state index in [9.17, 15) is 4.39 Å². The van der Waals surface area contributed by atoms with Crippen molar-refractivity contribution in [2.45, 2.75) is 13.1 Å². The van der Waals surface area contributed by atoms with Crippen LogP contribution in [0.4, 0.5) is 4.39 Å². The quantitative estimate of drug-likeness (QED) is 0.771. The molecule has 0 aliphatic rings. The van der Waals surface area contributed by atoms with E-state index >= 15 is 0 Å². The Balaban J connectivity index is 2.03. The summed E-state index contributed by atoms with van der Waals surface area (Å²) in [6.45, 7) is 0.837. The highest BCUT2D eigenvalue weighted by Crippen LogP contribution is 2.20. The SMILES string of the molecule is NCc1cn(Cc2ccc(F)c3cccnc23)nn1. The molecule has 3 rings (SSSR count). The van der Waals surface area contributed by atoms with Crippen LogP contribution in [0.1, 0.15) is 11.3 Å². The van der Waals surface area contributed by atoms with E-state index in [1.54, 1.807) is 35.3 Å². The maximum absolute atomic E-state index is 13.7. The molecule has 0 radical (unpaired) electrons. The van der Waals surface area contributed by atoms with Crippen molar-refractivity contribution in [3.8, 4) is 0 Å². The van der Waals surface area contributed by atoms with Gasteiger partial charge in [-0.2, -0.15) is 0 Å². The average molecular weight is 257 g/mol. The number of benzene rings is 1. The van der Waals surface area contributed by atoms with Crippen molar-refractivity contribution in [3.05, 3.63) is 53.7 Å². The van der Waals surface area contributed by atoms with Gasteiger partial charge < -0.3 is 5.73 Å². The Morgan fingerprint density at radius 1 is 1.26 bits per heavy atom. The molecule has 96 valence electrons. The Morgan fingerprint density at radius 2 is 2.16 bits per heavy atom. The number of halogens is 1. The highest BCUT2D eigenvalue weighted by molar-refractivity contribution is 5.82. The predicted molar refractivity (Wildman–Crippen MR) is 68.7 cm³/mol. The Morgan fingerprint density at radius 3 is 2.95 bits per heavy atom. The molecule has 1 aromatic carbocycles. The molecule has 5 nitrogen and oxygen atoms in total. The van der Waals surface area contributed by atoms with Gasteiger partial charge in [0.1, 0.15) is 5.82 Å². The minimum absolute atomic E-state index is 0.270. The zero-order valence-corrected chi connectivity index (χ0v) is 10.1. The van der Waals surface area contributed by atoms with E-state index in [1.165, 1.54) is 6.07 Å². The zero-order valence-electron chi connectivity index (χ0n) is 10.1. The van der Waals surface area contributed by atoms with Crippen molar-refractivity contribution in [2.75, 3.05) is 0 Å². The van der Waals surface area contributed by atoms with Gasteiger partial charge >= 0.3 is 0 Å². The molecule has 0 fully saturated rings. The molecule has 3 aromatic rings. The van der Waals surface area contributed by atoms with Crippen molar-refractivity contribution in [3.63, 3.8) is 0 Å². The maximum Gasteiger partial charge on any atom is 0.132 e. The lowest BCUT2D eigenvalue weighted by molar-refractivity contribution is 0.633. The van der Waals surface area contributed by atoms with Crippen LogP contribution >= 0.6 is 0 Å². The third-order valence-corrected chi connectivity index (χ3v) is 2.93. The summed E-state index contributed by atoms with van der Waals surface area (Å²) >= 11 is 0. The van der Waals surface area contributed by atoms with E-state index in [2.05, 4.69) is 15.3 Å². The van der Waals surface area contributed by atoms with Gasteiger partial charge in [0.15, 0.2) is 0 Å². The molecule has 2 aromatic heterocycles. The van der Waals surface area contributed by atoms with E-state index in [4.69, 9.17) is 5.73 Å². The van der Waals surface area contributed by atoms with Crippen LogP contribution in [0.2, 0.25) is 0 Å². The molecule has 0 unspecified atom stereocenters. The van der Waals surface area contributed by atoms with Crippen molar-refractivity contribution < 1.29 is 4.39 Å². The standard InChI is InChI=1S/C13H12FN5/c14-12-4-3-9(13-11(12)2-1-5-16-13)7-19-8-10(6-15)17-18-19/h1-5,8H,6-7,15H2. The molecule has 6 heteroatoms. The second-order valence-corrected chi connectivity index (χ2v) is 4.22. The van der Waals surface area contributed by atoms with Crippen molar-refractivity contribution in [2.24, 2.45) is 5.73 Å². The van der Waals surface area contributed by atoms with Crippen LogP contribution in [0.25, 0.3) is 10.9 Å². The lowest BCUT2D eigenvalue weighted by Gasteiger charge is -2.06. The van der Waals surface area contributed by atoms with Crippen LogP contribution in [-0.2, 0) is 13.1 Å². The summed E-state index contributed by atoms with van der Waals surface area (Å²) < 4.78 is 15.3. The second-order valence-electron chi connectivity index (χ2n) is 4.22. The van der Waals surface area contributed by atoms with Gasteiger partial charge in [-0.3, -0.25) is 4.98 Å². The molecule has 0 aliphatic heterocycles. The first-order valence-electron chi connectivity index (χ1n) is 5.89. The third-order valence-electron chi connectivity index (χ3n) is 2.93. The number of hydrogen-bond donors (Lipinski definition) is 1. The fourth-order valence-corrected chi connectivity index (χ4v) is 2.01. The minimum atomic E-state index is -0.270. The molecule has 0 aliphatic carbocycles. The van der Waals surface area contributed by atoms with Gasteiger partial charge in [-0.1, -0.05) is 11.3 Å². The van der Waals surface area contributed by atoms with Gasteiger partial charge in [0.05, 0.1) is 24.0 Å². The normalized spacial score (nSPS) is 11.1. The van der Waals surface area contributed by atoms with Crippen LogP contribution in [0.15, 0.2) is 36.7 Å². The molecular formula is C13H12FN5. The number of fused-ring (bicyclic) bond motifs is 1. The Labute approximate surface area is 108 Å². The monoisotopic (exact) mass is 257 g/mol. The summed E-state index contributed by atoms with van der Waals surface area (Å²) in [6, 6.07) is 6.60. The summed E-state index contributed by atoms with van der Waals surface area (Å²) in [5.41, 5.74) is 7.75. The number of rotatable bonds is 3.